The molecule has 1 fully saturated rings. The van der Waals surface area contributed by atoms with Crippen molar-refractivity contribution in [1.82, 2.24) is 0 Å². The lowest BCUT2D eigenvalue weighted by atomic mass is 10.0. The van der Waals surface area contributed by atoms with Crippen LogP contribution in [-0.4, -0.2) is 51.3 Å². The fraction of sp³-hybridized carbons (Fsp3) is 0.222. The number of ether oxygens (including phenoxy) is 2. The van der Waals surface area contributed by atoms with Crippen LogP contribution in [0.3, 0.4) is 0 Å². The van der Waals surface area contributed by atoms with E-state index in [0.29, 0.717) is 51.4 Å². The third-order valence-corrected chi connectivity index (χ3v) is 7.09. The highest BCUT2D eigenvalue weighted by atomic mass is 35.5. The third kappa shape index (κ3) is 5.00. The molecule has 0 bridgehead atoms. The van der Waals surface area contributed by atoms with Crippen molar-refractivity contribution in [2.24, 2.45) is 0 Å². The molecule has 0 aromatic heterocycles. The van der Waals surface area contributed by atoms with E-state index in [1.165, 1.54) is 12.0 Å². The maximum absolute atomic E-state index is 13.6. The van der Waals surface area contributed by atoms with Crippen LogP contribution in [0, 0.1) is 0 Å². The minimum Gasteiger partial charge on any atom is -0.497 e. The third-order valence-electron chi connectivity index (χ3n) is 6.35. The average molecular weight is 540 g/mol. The molecule has 190 valence electrons. The van der Waals surface area contributed by atoms with E-state index in [4.69, 9.17) is 32.7 Å². The van der Waals surface area contributed by atoms with Gasteiger partial charge in [-0.3, -0.25) is 24.2 Å². The lowest BCUT2D eigenvalue weighted by Gasteiger charge is -2.37. The molecule has 0 N–H and O–H groups in total. The summed E-state index contributed by atoms with van der Waals surface area (Å²) in [5.41, 5.74) is 2.87. The summed E-state index contributed by atoms with van der Waals surface area (Å²) in [5, 5.41) is 0.777. The molecule has 5 rings (SSSR count). The summed E-state index contributed by atoms with van der Waals surface area (Å²) < 4.78 is 10.5. The number of anilines is 3. The van der Waals surface area contributed by atoms with E-state index in [1.807, 2.05) is 0 Å². The van der Waals surface area contributed by atoms with Crippen molar-refractivity contribution >= 4 is 58.0 Å². The summed E-state index contributed by atoms with van der Waals surface area (Å²) in [6.07, 6.45) is 0.0719. The van der Waals surface area contributed by atoms with E-state index in [-0.39, 0.29) is 37.4 Å². The van der Waals surface area contributed by atoms with E-state index in [2.05, 4.69) is 0 Å². The summed E-state index contributed by atoms with van der Waals surface area (Å²) >= 11 is 12.2. The van der Waals surface area contributed by atoms with Crippen LogP contribution in [-0.2, 0) is 20.7 Å². The van der Waals surface area contributed by atoms with Crippen LogP contribution in [0.15, 0.2) is 60.7 Å². The van der Waals surface area contributed by atoms with Gasteiger partial charge in [-0.2, -0.15) is 0 Å². The van der Waals surface area contributed by atoms with Crippen LogP contribution >= 0.6 is 23.2 Å². The molecule has 0 radical (unpaired) electrons. The number of carbonyl (C=O) groups excluding carboxylic acids is 3. The fourth-order valence-electron chi connectivity index (χ4n) is 4.41. The molecule has 2 heterocycles. The molecule has 0 saturated carbocycles. The van der Waals surface area contributed by atoms with Crippen LogP contribution < -0.4 is 19.4 Å². The number of morpholine rings is 1. The normalized spacial score (nSPS) is 15.6. The highest BCUT2D eigenvalue weighted by Crippen LogP contribution is 2.34. The van der Waals surface area contributed by atoms with Crippen LogP contribution in [0.1, 0.15) is 15.9 Å². The van der Waals surface area contributed by atoms with E-state index in [0.717, 1.165) is 5.69 Å². The smallest absolute Gasteiger partial charge is 0.262 e. The molecule has 3 aromatic carbocycles. The predicted octanol–water partition coefficient (Wildman–Crippen LogP) is 4.56. The Labute approximate surface area is 223 Å². The van der Waals surface area contributed by atoms with Gasteiger partial charge >= 0.3 is 0 Å². The molecule has 0 aliphatic carbocycles. The van der Waals surface area contributed by atoms with Crippen molar-refractivity contribution in [3.63, 3.8) is 0 Å². The van der Waals surface area contributed by atoms with Gasteiger partial charge in [-0.1, -0.05) is 29.3 Å². The first-order valence-corrected chi connectivity index (χ1v) is 12.3. The number of hydrogen-bond acceptors (Lipinski definition) is 5. The molecule has 2 aliphatic heterocycles. The Morgan fingerprint density at radius 1 is 0.946 bits per heavy atom. The SMILES string of the molecule is COc1ccc2c(c1)C(=O)N(c1ccc(N3CCOCC3=O)cc1)CN2C(=O)Cc1ccc(Cl)c(Cl)c1. The molecule has 10 heteroatoms. The van der Waals surface area contributed by atoms with Gasteiger partial charge in [0.05, 0.1) is 41.4 Å². The van der Waals surface area contributed by atoms with E-state index < -0.39 is 0 Å². The molecule has 3 amide bonds. The number of rotatable bonds is 5. The van der Waals surface area contributed by atoms with Crippen molar-refractivity contribution in [3.8, 4) is 5.75 Å². The van der Waals surface area contributed by atoms with Crippen LogP contribution in [0.4, 0.5) is 17.1 Å². The lowest BCUT2D eigenvalue weighted by molar-refractivity contribution is -0.125. The minimum atomic E-state index is -0.261. The number of amides is 3. The maximum Gasteiger partial charge on any atom is 0.262 e. The number of hydrogen-bond donors (Lipinski definition) is 0. The number of nitrogens with zero attached hydrogens (tertiary/aromatic N) is 3. The van der Waals surface area contributed by atoms with Crippen LogP contribution in [0.2, 0.25) is 10.0 Å². The first-order chi connectivity index (χ1) is 17.9. The van der Waals surface area contributed by atoms with E-state index >= 15 is 0 Å². The zero-order chi connectivity index (χ0) is 26.1. The second-order valence-electron chi connectivity index (χ2n) is 8.62. The van der Waals surface area contributed by atoms with Gasteiger partial charge in [0.1, 0.15) is 19.0 Å². The van der Waals surface area contributed by atoms with Gasteiger partial charge in [-0.25, -0.2) is 0 Å². The van der Waals surface area contributed by atoms with Gasteiger partial charge in [0.2, 0.25) is 5.91 Å². The van der Waals surface area contributed by atoms with Crippen molar-refractivity contribution < 1.29 is 23.9 Å². The minimum absolute atomic E-state index is 0.0220. The molecule has 2 aliphatic rings. The molecule has 0 atom stereocenters. The Bertz CT molecular complexity index is 1380. The van der Waals surface area contributed by atoms with Gasteiger partial charge < -0.3 is 14.4 Å². The molecular weight excluding hydrogens is 517 g/mol. The van der Waals surface area contributed by atoms with Crippen molar-refractivity contribution in [2.45, 2.75) is 6.42 Å². The summed E-state index contributed by atoms with van der Waals surface area (Å²) in [6, 6.07) is 17.2. The largest absolute Gasteiger partial charge is 0.497 e. The van der Waals surface area contributed by atoms with E-state index in [1.54, 1.807) is 70.5 Å². The van der Waals surface area contributed by atoms with Gasteiger partial charge in [0.15, 0.2) is 0 Å². The summed E-state index contributed by atoms with van der Waals surface area (Å²) in [5.74, 6) is -0.0827. The van der Waals surface area contributed by atoms with Gasteiger partial charge in [0, 0.05) is 17.9 Å². The summed E-state index contributed by atoms with van der Waals surface area (Å²) in [4.78, 5) is 44.0. The van der Waals surface area contributed by atoms with Gasteiger partial charge in [-0.05, 0) is 60.2 Å². The number of carbonyl (C=O) groups is 3. The van der Waals surface area contributed by atoms with Gasteiger partial charge in [0.25, 0.3) is 11.8 Å². The summed E-state index contributed by atoms with van der Waals surface area (Å²) in [6.45, 7) is 0.993. The number of halogens is 2. The molecular formula is C27H23Cl2N3O5. The standard InChI is InChI=1S/C27H23Cl2N3O5/c1-36-20-7-9-24-21(14-20)27(35)31(16-32(24)25(33)13-17-2-8-22(28)23(29)12-17)19-5-3-18(4-6-19)30-10-11-37-15-26(30)34/h2-9,12,14H,10-11,13,15-16H2,1H3. The van der Waals surface area contributed by atoms with Crippen LogP contribution in [0.5, 0.6) is 5.75 Å². The Morgan fingerprint density at radius 2 is 1.68 bits per heavy atom. The highest BCUT2D eigenvalue weighted by molar-refractivity contribution is 6.42. The molecule has 0 unspecified atom stereocenters. The van der Waals surface area contributed by atoms with Crippen molar-refractivity contribution in [2.75, 3.05) is 48.2 Å². The quantitative estimate of drug-likeness (QED) is 0.474. The van der Waals surface area contributed by atoms with E-state index in [9.17, 15) is 14.4 Å². The zero-order valence-corrected chi connectivity index (χ0v) is 21.5. The topological polar surface area (TPSA) is 79.4 Å². The average Bonchev–Trinajstić information content (AvgIpc) is 2.91. The lowest BCUT2D eigenvalue weighted by Crippen LogP contribution is -2.50. The second-order valence-corrected chi connectivity index (χ2v) is 9.43. The van der Waals surface area contributed by atoms with Crippen molar-refractivity contribution in [1.29, 1.82) is 0 Å². The highest BCUT2D eigenvalue weighted by Gasteiger charge is 2.34. The second kappa shape index (κ2) is 10.4. The first-order valence-electron chi connectivity index (χ1n) is 11.6. The maximum atomic E-state index is 13.6. The predicted molar refractivity (Wildman–Crippen MR) is 142 cm³/mol. The Hall–Kier alpha value is -3.59. The fourth-order valence-corrected chi connectivity index (χ4v) is 4.73. The monoisotopic (exact) mass is 539 g/mol. The molecule has 1 saturated heterocycles. The Morgan fingerprint density at radius 3 is 2.35 bits per heavy atom. The molecule has 37 heavy (non-hydrogen) atoms. The summed E-state index contributed by atoms with van der Waals surface area (Å²) in [7, 11) is 1.52. The Balaban J connectivity index is 1.46. The molecule has 0 spiro atoms. The van der Waals surface area contributed by atoms with Crippen molar-refractivity contribution in [3.05, 3.63) is 81.8 Å². The first kappa shape index (κ1) is 25.1. The number of benzene rings is 3. The number of methoxy groups -OCH3 is 1. The molecule has 8 nitrogen and oxygen atoms in total. The molecule has 3 aromatic rings. The van der Waals surface area contributed by atoms with Gasteiger partial charge in [-0.15, -0.1) is 0 Å². The van der Waals surface area contributed by atoms with Crippen LogP contribution in [0.25, 0.3) is 0 Å². The zero-order valence-electron chi connectivity index (χ0n) is 19.9. The number of fused-ring (bicyclic) bond motifs is 1. The Kier molecular flexibility index (Phi) is 7.06.